The Kier molecular flexibility index (Phi) is 6.49. The van der Waals surface area contributed by atoms with Crippen LogP contribution in [0.5, 0.6) is 0 Å². The molecule has 1 amide bonds. The lowest BCUT2D eigenvalue weighted by atomic mass is 10.0. The van der Waals surface area contributed by atoms with Crippen molar-refractivity contribution in [3.63, 3.8) is 0 Å². The molecule has 1 unspecified atom stereocenters. The van der Waals surface area contributed by atoms with E-state index in [1.54, 1.807) is 6.08 Å². The Morgan fingerprint density at radius 1 is 1.06 bits per heavy atom. The normalized spacial score (nSPS) is 14.8. The average molecular weight is 465 g/mol. The number of hydrogen-bond acceptors (Lipinski definition) is 3. The van der Waals surface area contributed by atoms with Crippen molar-refractivity contribution >= 4 is 28.9 Å². The number of methoxy groups -OCH3 is 1. The van der Waals surface area contributed by atoms with E-state index in [0.29, 0.717) is 12.1 Å². The first-order valence-corrected chi connectivity index (χ1v) is 11.9. The molecule has 1 aromatic heterocycles. The van der Waals surface area contributed by atoms with Gasteiger partial charge >= 0.3 is 5.97 Å². The van der Waals surface area contributed by atoms with Gasteiger partial charge < -0.3 is 14.6 Å². The molecule has 5 heteroatoms. The van der Waals surface area contributed by atoms with Gasteiger partial charge in [0, 0.05) is 35.3 Å². The first kappa shape index (κ1) is 22.7. The number of nitrogens with zero attached hydrogens (tertiary/aromatic N) is 1. The van der Waals surface area contributed by atoms with Gasteiger partial charge in [-0.15, -0.1) is 0 Å². The number of benzene rings is 3. The van der Waals surface area contributed by atoms with E-state index in [1.807, 2.05) is 53.4 Å². The number of aromatic nitrogens is 1. The first-order valence-electron chi connectivity index (χ1n) is 11.9. The number of aromatic amines is 1. The number of carbonyl (C=O) groups is 2. The largest absolute Gasteiger partial charge is 0.466 e. The van der Waals surface area contributed by atoms with Crippen LogP contribution in [0.25, 0.3) is 17.0 Å². The predicted molar refractivity (Wildman–Crippen MR) is 138 cm³/mol. The van der Waals surface area contributed by atoms with Gasteiger partial charge in [-0.25, -0.2) is 4.79 Å². The molecule has 0 saturated carbocycles. The highest BCUT2D eigenvalue weighted by Gasteiger charge is 2.31. The molecule has 1 atom stereocenters. The topological polar surface area (TPSA) is 62.4 Å². The summed E-state index contributed by atoms with van der Waals surface area (Å²) in [7, 11) is 1.37. The Hall–Kier alpha value is -4.12. The summed E-state index contributed by atoms with van der Waals surface area (Å²) in [4.78, 5) is 30.5. The van der Waals surface area contributed by atoms with Crippen LogP contribution < -0.4 is 0 Å². The third-order valence-corrected chi connectivity index (χ3v) is 6.78. The summed E-state index contributed by atoms with van der Waals surface area (Å²) >= 11 is 0. The summed E-state index contributed by atoms with van der Waals surface area (Å²) in [5.41, 5.74) is 6.39. The Morgan fingerprint density at radius 3 is 2.69 bits per heavy atom. The van der Waals surface area contributed by atoms with E-state index < -0.39 is 0 Å². The summed E-state index contributed by atoms with van der Waals surface area (Å²) < 4.78 is 4.69. The molecular weight excluding hydrogens is 436 g/mol. The third kappa shape index (κ3) is 4.76. The number of rotatable bonds is 7. The highest BCUT2D eigenvalue weighted by atomic mass is 16.5. The SMILES string of the molecule is COC(=O)/C=C/c1ccc2c(c1)CCC2N(CCc1c[nH]c2ccccc12)C(=O)c1ccccc1. The number of carbonyl (C=O) groups excluding carboxylic acids is 2. The molecule has 0 fully saturated rings. The van der Waals surface area contributed by atoms with Crippen LogP contribution in [-0.4, -0.2) is 35.4 Å². The fourth-order valence-electron chi connectivity index (χ4n) is 5.00. The minimum absolute atomic E-state index is 0.0153. The number of H-pyrrole nitrogens is 1. The van der Waals surface area contributed by atoms with Crippen molar-refractivity contribution in [2.24, 2.45) is 0 Å². The zero-order valence-electron chi connectivity index (χ0n) is 19.7. The summed E-state index contributed by atoms with van der Waals surface area (Å²) in [6.07, 6.45) is 7.80. The molecule has 1 aliphatic carbocycles. The minimum atomic E-state index is -0.375. The van der Waals surface area contributed by atoms with Crippen molar-refractivity contribution in [1.29, 1.82) is 0 Å². The number of fused-ring (bicyclic) bond motifs is 2. The molecule has 5 rings (SSSR count). The van der Waals surface area contributed by atoms with Crippen LogP contribution in [0.4, 0.5) is 0 Å². The van der Waals surface area contributed by atoms with Crippen LogP contribution in [0.1, 0.15) is 45.1 Å². The average Bonchev–Trinajstić information content (AvgIpc) is 3.52. The molecule has 1 heterocycles. The molecule has 0 radical (unpaired) electrons. The lowest BCUT2D eigenvalue weighted by Gasteiger charge is -2.30. The lowest BCUT2D eigenvalue weighted by Crippen LogP contribution is -2.35. The highest BCUT2D eigenvalue weighted by Crippen LogP contribution is 2.37. The van der Waals surface area contributed by atoms with Crippen molar-refractivity contribution in [3.05, 3.63) is 113 Å². The van der Waals surface area contributed by atoms with Crippen molar-refractivity contribution in [2.45, 2.75) is 25.3 Å². The number of hydrogen-bond donors (Lipinski definition) is 1. The van der Waals surface area contributed by atoms with Crippen LogP contribution in [0.3, 0.4) is 0 Å². The molecule has 0 aliphatic heterocycles. The molecule has 1 N–H and O–H groups in total. The van der Waals surface area contributed by atoms with E-state index in [0.717, 1.165) is 30.3 Å². The molecule has 35 heavy (non-hydrogen) atoms. The molecule has 176 valence electrons. The van der Waals surface area contributed by atoms with E-state index in [4.69, 9.17) is 4.74 Å². The summed E-state index contributed by atoms with van der Waals surface area (Å²) in [6.45, 7) is 0.629. The van der Waals surface area contributed by atoms with Crippen LogP contribution >= 0.6 is 0 Å². The number of aryl methyl sites for hydroxylation is 1. The Labute approximate surface area is 205 Å². The van der Waals surface area contributed by atoms with Gasteiger partial charge in [-0.3, -0.25) is 4.79 Å². The first-order chi connectivity index (χ1) is 17.1. The van der Waals surface area contributed by atoms with Gasteiger partial charge in [0.15, 0.2) is 0 Å². The Balaban J connectivity index is 1.43. The third-order valence-electron chi connectivity index (χ3n) is 6.78. The van der Waals surface area contributed by atoms with Crippen LogP contribution in [0, 0.1) is 0 Å². The number of para-hydroxylation sites is 1. The van der Waals surface area contributed by atoms with Gasteiger partial charge in [-0.1, -0.05) is 54.6 Å². The van der Waals surface area contributed by atoms with Gasteiger partial charge in [0.05, 0.1) is 13.2 Å². The monoisotopic (exact) mass is 464 g/mol. The van der Waals surface area contributed by atoms with Gasteiger partial charge in [0.2, 0.25) is 0 Å². The predicted octanol–water partition coefficient (Wildman–Crippen LogP) is 5.73. The van der Waals surface area contributed by atoms with Crippen LogP contribution in [-0.2, 0) is 22.4 Å². The Bertz CT molecular complexity index is 1390. The fraction of sp³-hybridized carbons (Fsp3) is 0.200. The maximum Gasteiger partial charge on any atom is 0.330 e. The number of nitrogens with one attached hydrogen (secondary N) is 1. The van der Waals surface area contributed by atoms with Crippen molar-refractivity contribution < 1.29 is 14.3 Å². The fourth-order valence-corrected chi connectivity index (χ4v) is 5.00. The molecule has 3 aromatic carbocycles. The van der Waals surface area contributed by atoms with Gasteiger partial charge in [-0.05, 0) is 65.8 Å². The van der Waals surface area contributed by atoms with E-state index in [2.05, 4.69) is 35.4 Å². The van der Waals surface area contributed by atoms with E-state index in [1.165, 1.54) is 35.3 Å². The second-order valence-corrected chi connectivity index (χ2v) is 8.84. The van der Waals surface area contributed by atoms with E-state index >= 15 is 0 Å². The molecule has 1 aliphatic rings. The number of esters is 1. The smallest absolute Gasteiger partial charge is 0.330 e. The summed E-state index contributed by atoms with van der Waals surface area (Å²) in [5.74, 6) is -0.321. The van der Waals surface area contributed by atoms with Crippen molar-refractivity contribution in [3.8, 4) is 0 Å². The molecule has 5 nitrogen and oxygen atoms in total. The van der Waals surface area contributed by atoms with Crippen LogP contribution in [0.15, 0.2) is 85.1 Å². The highest BCUT2D eigenvalue weighted by molar-refractivity contribution is 5.94. The lowest BCUT2D eigenvalue weighted by molar-refractivity contribution is -0.134. The zero-order valence-corrected chi connectivity index (χ0v) is 19.7. The molecular formula is C30H28N2O3. The Morgan fingerprint density at radius 2 is 1.86 bits per heavy atom. The number of ether oxygens (including phenoxy) is 1. The second-order valence-electron chi connectivity index (χ2n) is 8.84. The molecule has 0 bridgehead atoms. The van der Waals surface area contributed by atoms with Gasteiger partial charge in [0.1, 0.15) is 0 Å². The molecule has 4 aromatic rings. The molecule has 0 spiro atoms. The van der Waals surface area contributed by atoms with Gasteiger partial charge in [-0.2, -0.15) is 0 Å². The standard InChI is InChI=1S/C30H28N2O3/c1-35-29(33)16-12-21-11-14-26-23(19-21)13-15-28(26)32(30(34)22-7-3-2-4-8-22)18-17-24-20-31-27-10-6-5-9-25(24)27/h2-12,14,16,19-20,28,31H,13,15,17-18H2,1H3/b16-12+. The van der Waals surface area contributed by atoms with Crippen molar-refractivity contribution in [1.82, 2.24) is 9.88 Å². The zero-order chi connectivity index (χ0) is 24.2. The molecule has 0 saturated heterocycles. The summed E-state index contributed by atoms with van der Waals surface area (Å²) in [5, 5.41) is 1.20. The van der Waals surface area contributed by atoms with Gasteiger partial charge in [0.25, 0.3) is 5.91 Å². The maximum absolute atomic E-state index is 13.7. The van der Waals surface area contributed by atoms with E-state index in [-0.39, 0.29) is 17.9 Å². The quantitative estimate of drug-likeness (QED) is 0.281. The maximum atomic E-state index is 13.7. The second kappa shape index (κ2) is 10.0. The number of amides is 1. The summed E-state index contributed by atoms with van der Waals surface area (Å²) in [6, 6.07) is 24.0. The minimum Gasteiger partial charge on any atom is -0.466 e. The van der Waals surface area contributed by atoms with E-state index in [9.17, 15) is 9.59 Å². The van der Waals surface area contributed by atoms with Crippen LogP contribution in [0.2, 0.25) is 0 Å². The van der Waals surface area contributed by atoms with Crippen molar-refractivity contribution in [2.75, 3.05) is 13.7 Å².